The monoisotopic (exact) mass is 443 g/mol. The molecule has 1 saturated carbocycles. The zero-order chi connectivity index (χ0) is 23.2. The van der Waals surface area contributed by atoms with Crippen LogP contribution in [0.15, 0.2) is 60.7 Å². The minimum absolute atomic E-state index is 0.0000621. The van der Waals surface area contributed by atoms with Gasteiger partial charge in [0.25, 0.3) is 0 Å². The van der Waals surface area contributed by atoms with Crippen LogP contribution < -0.4 is 14.8 Å². The number of benzene rings is 3. The number of carbonyl (C=O) groups excluding carboxylic acids is 1. The predicted octanol–water partition coefficient (Wildman–Crippen LogP) is 5.54. The number of aliphatic hydroxyl groups is 1. The lowest BCUT2D eigenvalue weighted by atomic mass is 9.81. The summed E-state index contributed by atoms with van der Waals surface area (Å²) in [6.45, 7) is 6.75. The Morgan fingerprint density at radius 1 is 1.00 bits per heavy atom. The van der Waals surface area contributed by atoms with Gasteiger partial charge in [-0.2, -0.15) is 0 Å². The molecule has 0 spiro atoms. The first-order valence-corrected chi connectivity index (χ1v) is 11.4. The zero-order valence-electron chi connectivity index (χ0n) is 19.3. The van der Waals surface area contributed by atoms with Crippen LogP contribution in [0.1, 0.15) is 50.3 Å². The number of anilines is 1. The molecule has 5 heteroatoms. The van der Waals surface area contributed by atoms with Gasteiger partial charge in [0.15, 0.2) is 11.5 Å². The molecule has 0 saturated heterocycles. The molecular weight excluding hydrogens is 414 g/mol. The molecule has 2 aliphatic rings. The maximum absolute atomic E-state index is 13.4. The van der Waals surface area contributed by atoms with E-state index in [-0.39, 0.29) is 24.7 Å². The number of nitrogens with one attached hydrogen (secondary N) is 1. The quantitative estimate of drug-likeness (QED) is 0.543. The lowest BCUT2D eigenvalue weighted by Crippen LogP contribution is -2.28. The number of hydrogen-bond acceptors (Lipinski definition) is 4. The molecule has 0 bridgehead atoms. The van der Waals surface area contributed by atoms with E-state index in [9.17, 15) is 9.90 Å². The van der Waals surface area contributed by atoms with Crippen LogP contribution in [0.2, 0.25) is 0 Å². The minimum Gasteiger partial charge on any atom is -0.454 e. The molecule has 0 unspecified atom stereocenters. The van der Waals surface area contributed by atoms with Crippen LogP contribution >= 0.6 is 0 Å². The average Bonchev–Trinajstić information content (AvgIpc) is 3.49. The van der Waals surface area contributed by atoms with Gasteiger partial charge >= 0.3 is 0 Å². The normalized spacial score (nSPS) is 15.9. The lowest BCUT2D eigenvalue weighted by molar-refractivity contribution is -0.118. The van der Waals surface area contributed by atoms with E-state index in [1.54, 1.807) is 0 Å². The highest BCUT2D eigenvalue weighted by Crippen LogP contribution is 2.51. The zero-order valence-corrected chi connectivity index (χ0v) is 19.3. The van der Waals surface area contributed by atoms with Gasteiger partial charge in [-0.1, -0.05) is 51.1 Å². The summed E-state index contributed by atoms with van der Waals surface area (Å²) >= 11 is 0. The number of aliphatic hydroxyl groups excluding tert-OH is 1. The third kappa shape index (κ3) is 3.98. The summed E-state index contributed by atoms with van der Waals surface area (Å²) in [6, 6.07) is 19.8. The Morgan fingerprint density at radius 3 is 2.52 bits per heavy atom. The third-order valence-electron chi connectivity index (χ3n) is 6.62. The van der Waals surface area contributed by atoms with Gasteiger partial charge < -0.3 is 19.9 Å². The second-order valence-corrected chi connectivity index (χ2v) is 9.97. The molecule has 0 radical (unpaired) electrons. The van der Waals surface area contributed by atoms with Crippen LogP contribution in [-0.4, -0.2) is 17.8 Å². The molecule has 0 aromatic heterocycles. The van der Waals surface area contributed by atoms with Crippen LogP contribution in [0.5, 0.6) is 11.5 Å². The Kier molecular flexibility index (Phi) is 5.17. The number of rotatable bonds is 5. The molecule has 170 valence electrons. The molecule has 1 amide bonds. The van der Waals surface area contributed by atoms with Crippen molar-refractivity contribution in [3.05, 3.63) is 77.4 Å². The van der Waals surface area contributed by atoms with E-state index in [0.717, 1.165) is 46.5 Å². The van der Waals surface area contributed by atoms with E-state index in [1.807, 2.05) is 54.6 Å². The van der Waals surface area contributed by atoms with Crippen molar-refractivity contribution in [2.75, 3.05) is 12.1 Å². The Hall–Kier alpha value is -3.31. The van der Waals surface area contributed by atoms with E-state index in [4.69, 9.17) is 9.47 Å². The Balaban J connectivity index is 1.47. The molecule has 2 N–H and O–H groups in total. The standard InChI is InChI=1S/C28H29NO4/c1-27(2,3)23-9-8-21(15-22(23)19-6-4-5-18(13-19)16-30)29-26(31)28(11-12-28)20-7-10-24-25(14-20)33-17-32-24/h4-10,13-15,30H,11-12,16-17H2,1-3H3,(H,29,31). The van der Waals surface area contributed by atoms with Gasteiger partial charge in [-0.05, 0) is 76.4 Å². The van der Waals surface area contributed by atoms with Crippen molar-refractivity contribution in [3.8, 4) is 22.6 Å². The SMILES string of the molecule is CC(C)(C)c1ccc(NC(=O)C2(c3ccc4c(c3)OCO4)CC2)cc1-c1cccc(CO)c1. The fourth-order valence-electron chi connectivity index (χ4n) is 4.57. The van der Waals surface area contributed by atoms with Gasteiger partial charge in [-0.25, -0.2) is 0 Å². The highest BCUT2D eigenvalue weighted by Gasteiger charge is 2.51. The number of fused-ring (bicyclic) bond motifs is 1. The molecule has 1 aliphatic carbocycles. The third-order valence-corrected chi connectivity index (χ3v) is 6.62. The maximum Gasteiger partial charge on any atom is 0.235 e. The Labute approximate surface area is 194 Å². The van der Waals surface area contributed by atoms with Crippen molar-refractivity contribution in [1.82, 2.24) is 0 Å². The van der Waals surface area contributed by atoms with Gasteiger partial charge in [0, 0.05) is 5.69 Å². The minimum atomic E-state index is -0.527. The fraction of sp³-hybridized carbons (Fsp3) is 0.321. The highest BCUT2D eigenvalue weighted by atomic mass is 16.7. The molecule has 1 aliphatic heterocycles. The summed E-state index contributed by atoms with van der Waals surface area (Å²) in [5.41, 5.74) is 5.27. The van der Waals surface area contributed by atoms with Crippen LogP contribution in [0, 0.1) is 0 Å². The maximum atomic E-state index is 13.4. The van der Waals surface area contributed by atoms with E-state index in [2.05, 4.69) is 32.2 Å². The van der Waals surface area contributed by atoms with Crippen molar-refractivity contribution in [2.45, 2.75) is 51.0 Å². The van der Waals surface area contributed by atoms with Gasteiger partial charge in [0.05, 0.1) is 12.0 Å². The molecular formula is C28H29NO4. The topological polar surface area (TPSA) is 67.8 Å². The number of hydrogen-bond donors (Lipinski definition) is 2. The van der Waals surface area contributed by atoms with E-state index < -0.39 is 5.41 Å². The van der Waals surface area contributed by atoms with Gasteiger partial charge in [-0.3, -0.25) is 4.79 Å². The van der Waals surface area contributed by atoms with Crippen LogP contribution in [0.25, 0.3) is 11.1 Å². The first-order chi connectivity index (χ1) is 15.8. The molecule has 3 aromatic carbocycles. The van der Waals surface area contributed by atoms with Crippen LogP contribution in [-0.2, 0) is 22.2 Å². The fourth-order valence-corrected chi connectivity index (χ4v) is 4.57. The number of amides is 1. The van der Waals surface area contributed by atoms with E-state index in [1.165, 1.54) is 5.56 Å². The van der Waals surface area contributed by atoms with Gasteiger partial charge in [0.2, 0.25) is 12.7 Å². The molecule has 1 fully saturated rings. The van der Waals surface area contributed by atoms with Gasteiger partial charge in [-0.15, -0.1) is 0 Å². The summed E-state index contributed by atoms with van der Waals surface area (Å²) in [5, 5.41) is 12.8. The molecule has 5 nitrogen and oxygen atoms in total. The first kappa shape index (κ1) is 21.5. The van der Waals surface area contributed by atoms with Crippen molar-refractivity contribution in [1.29, 1.82) is 0 Å². The summed E-state index contributed by atoms with van der Waals surface area (Å²) in [5.74, 6) is 1.43. The number of ether oxygens (including phenoxy) is 2. The first-order valence-electron chi connectivity index (χ1n) is 11.4. The summed E-state index contributed by atoms with van der Waals surface area (Å²) in [7, 11) is 0. The molecule has 5 rings (SSSR count). The van der Waals surface area contributed by atoms with Crippen LogP contribution in [0.4, 0.5) is 5.69 Å². The van der Waals surface area contributed by atoms with Crippen LogP contribution in [0.3, 0.4) is 0 Å². The second kappa shape index (κ2) is 7.92. The summed E-state index contributed by atoms with van der Waals surface area (Å²) < 4.78 is 10.9. The second-order valence-electron chi connectivity index (χ2n) is 9.97. The Morgan fingerprint density at radius 2 is 1.79 bits per heavy atom. The van der Waals surface area contributed by atoms with Crippen molar-refractivity contribution in [3.63, 3.8) is 0 Å². The molecule has 1 heterocycles. The largest absolute Gasteiger partial charge is 0.454 e. The van der Waals surface area contributed by atoms with E-state index >= 15 is 0 Å². The highest BCUT2D eigenvalue weighted by molar-refractivity contribution is 6.02. The summed E-state index contributed by atoms with van der Waals surface area (Å²) in [6.07, 6.45) is 1.62. The number of carbonyl (C=O) groups is 1. The van der Waals surface area contributed by atoms with E-state index in [0.29, 0.717) is 5.75 Å². The summed E-state index contributed by atoms with van der Waals surface area (Å²) in [4.78, 5) is 13.4. The molecule has 0 atom stereocenters. The predicted molar refractivity (Wildman–Crippen MR) is 129 cm³/mol. The molecule has 33 heavy (non-hydrogen) atoms. The average molecular weight is 444 g/mol. The van der Waals surface area contributed by atoms with Crippen molar-refractivity contribution in [2.24, 2.45) is 0 Å². The smallest absolute Gasteiger partial charge is 0.235 e. The van der Waals surface area contributed by atoms with Crippen molar-refractivity contribution >= 4 is 11.6 Å². The Bertz CT molecular complexity index is 1220. The lowest BCUT2D eigenvalue weighted by Gasteiger charge is -2.25. The van der Waals surface area contributed by atoms with Gasteiger partial charge in [0.1, 0.15) is 0 Å². The molecule has 3 aromatic rings. The van der Waals surface area contributed by atoms with Crippen molar-refractivity contribution < 1.29 is 19.4 Å².